The molecule has 10 nitrogen and oxygen atoms in total. The molecule has 1 aliphatic rings. The van der Waals surface area contributed by atoms with E-state index in [0.29, 0.717) is 18.8 Å². The monoisotopic (exact) mass is 436 g/mol. The molecule has 0 saturated carbocycles. The molecule has 0 unspecified atom stereocenters. The summed E-state index contributed by atoms with van der Waals surface area (Å²) in [6.45, 7) is 11.6. The van der Waals surface area contributed by atoms with Gasteiger partial charge in [-0.1, -0.05) is 0 Å². The van der Waals surface area contributed by atoms with Crippen LogP contribution in [0.5, 0.6) is 0 Å². The molecule has 2 amide bonds. The second-order valence-corrected chi connectivity index (χ2v) is 9.52. The van der Waals surface area contributed by atoms with E-state index in [1.165, 1.54) is 6.07 Å². The minimum Gasteiger partial charge on any atom is -0.444 e. The number of nitrogens with zero attached hydrogens (tertiary/aromatic N) is 2. The number of nitrogens with one attached hydrogen (secondary N) is 2. The summed E-state index contributed by atoms with van der Waals surface area (Å²) in [5.74, 6) is 0. The van der Waals surface area contributed by atoms with Crippen LogP contribution in [0.3, 0.4) is 0 Å². The molecular formula is C21H32N4O6. The lowest BCUT2D eigenvalue weighted by Crippen LogP contribution is -2.49. The van der Waals surface area contributed by atoms with Gasteiger partial charge in [0.15, 0.2) is 0 Å². The van der Waals surface area contributed by atoms with Crippen LogP contribution in [-0.2, 0) is 9.47 Å². The fraction of sp³-hybridized carbons (Fsp3) is 0.619. The highest BCUT2D eigenvalue weighted by atomic mass is 16.6. The van der Waals surface area contributed by atoms with Gasteiger partial charge in [-0.25, -0.2) is 9.59 Å². The molecule has 1 saturated heterocycles. The number of carbonyl (C=O) groups is 2. The van der Waals surface area contributed by atoms with Crippen LogP contribution >= 0.6 is 0 Å². The van der Waals surface area contributed by atoms with Crippen LogP contribution in [0, 0.1) is 10.1 Å². The van der Waals surface area contributed by atoms with Gasteiger partial charge < -0.3 is 19.7 Å². The molecule has 1 aromatic rings. The molecule has 1 heterocycles. The zero-order valence-corrected chi connectivity index (χ0v) is 19.0. The highest BCUT2D eigenvalue weighted by Crippen LogP contribution is 2.33. The molecule has 0 radical (unpaired) electrons. The van der Waals surface area contributed by atoms with Crippen molar-refractivity contribution in [3.63, 3.8) is 0 Å². The van der Waals surface area contributed by atoms with Crippen molar-refractivity contribution >= 4 is 29.2 Å². The maximum atomic E-state index is 12.1. The van der Waals surface area contributed by atoms with Crippen LogP contribution in [0.25, 0.3) is 0 Å². The second kappa shape index (κ2) is 9.40. The number of nitro benzene ring substituents is 1. The van der Waals surface area contributed by atoms with E-state index in [1.807, 2.05) is 4.90 Å². The summed E-state index contributed by atoms with van der Waals surface area (Å²) in [7, 11) is 0. The Morgan fingerprint density at radius 2 is 1.71 bits per heavy atom. The number of rotatable bonds is 4. The topological polar surface area (TPSA) is 123 Å². The van der Waals surface area contributed by atoms with Gasteiger partial charge >= 0.3 is 12.2 Å². The molecule has 1 aliphatic heterocycles. The number of ether oxygens (including phenoxy) is 2. The Morgan fingerprint density at radius 1 is 1.10 bits per heavy atom. The average molecular weight is 437 g/mol. The molecule has 2 N–H and O–H groups in total. The Bertz CT molecular complexity index is 828. The van der Waals surface area contributed by atoms with Crippen LogP contribution in [0.2, 0.25) is 0 Å². The van der Waals surface area contributed by atoms with Crippen LogP contribution < -0.4 is 15.5 Å². The number of hydrogen-bond donors (Lipinski definition) is 2. The molecule has 1 atom stereocenters. The van der Waals surface area contributed by atoms with E-state index in [-0.39, 0.29) is 17.4 Å². The van der Waals surface area contributed by atoms with E-state index >= 15 is 0 Å². The standard InChI is InChI=1S/C21H32N4O6/c1-20(2,3)30-18(26)22-14-9-10-16(17(12-14)25(28)29)24-11-7-8-15(13-24)23-19(27)31-21(4,5)6/h9-10,12,15H,7-8,11,13H2,1-6H3,(H,22,26)(H,23,27)/t15-/m1/s1. The highest BCUT2D eigenvalue weighted by molar-refractivity contribution is 5.86. The van der Waals surface area contributed by atoms with Crippen LogP contribution in [0.4, 0.5) is 26.7 Å². The molecule has 0 aliphatic carbocycles. The van der Waals surface area contributed by atoms with E-state index < -0.39 is 28.3 Å². The number of hydrogen-bond acceptors (Lipinski definition) is 7. The molecule has 172 valence electrons. The molecule has 1 fully saturated rings. The summed E-state index contributed by atoms with van der Waals surface area (Å²) in [6.07, 6.45) is 0.317. The fourth-order valence-corrected chi connectivity index (χ4v) is 3.22. The van der Waals surface area contributed by atoms with Crippen molar-refractivity contribution in [2.75, 3.05) is 23.3 Å². The van der Waals surface area contributed by atoms with Gasteiger partial charge in [0, 0.05) is 25.2 Å². The molecular weight excluding hydrogens is 404 g/mol. The summed E-state index contributed by atoms with van der Waals surface area (Å²) in [5.41, 5.74) is -0.722. The number of anilines is 2. The number of carbonyl (C=O) groups excluding carboxylic acids is 2. The molecule has 0 bridgehead atoms. The largest absolute Gasteiger partial charge is 0.444 e. The second-order valence-electron chi connectivity index (χ2n) is 9.52. The molecule has 10 heteroatoms. The first kappa shape index (κ1) is 24.2. The average Bonchev–Trinajstić information content (AvgIpc) is 2.58. The van der Waals surface area contributed by atoms with Crippen LogP contribution in [-0.4, -0.2) is 47.4 Å². The van der Waals surface area contributed by atoms with Crippen molar-refractivity contribution < 1.29 is 24.0 Å². The number of nitro groups is 1. The number of alkyl carbamates (subject to hydrolysis) is 1. The van der Waals surface area contributed by atoms with Crippen molar-refractivity contribution in [1.82, 2.24) is 5.32 Å². The van der Waals surface area contributed by atoms with Crippen molar-refractivity contribution in [3.8, 4) is 0 Å². The number of benzene rings is 1. The molecule has 0 spiro atoms. The van der Waals surface area contributed by atoms with Crippen molar-refractivity contribution in [1.29, 1.82) is 0 Å². The van der Waals surface area contributed by atoms with Gasteiger partial charge in [-0.2, -0.15) is 0 Å². The van der Waals surface area contributed by atoms with Crippen molar-refractivity contribution in [3.05, 3.63) is 28.3 Å². The quantitative estimate of drug-likeness (QED) is 0.528. The van der Waals surface area contributed by atoms with E-state index in [1.54, 1.807) is 53.7 Å². The Morgan fingerprint density at radius 3 is 2.29 bits per heavy atom. The molecule has 2 rings (SSSR count). The van der Waals surface area contributed by atoms with Crippen molar-refractivity contribution in [2.45, 2.75) is 71.6 Å². The Kier molecular flexibility index (Phi) is 7.35. The van der Waals surface area contributed by atoms with E-state index in [0.717, 1.165) is 12.8 Å². The Hall–Kier alpha value is -3.04. The van der Waals surface area contributed by atoms with E-state index in [2.05, 4.69) is 10.6 Å². The predicted molar refractivity (Wildman–Crippen MR) is 118 cm³/mol. The minimum absolute atomic E-state index is 0.133. The van der Waals surface area contributed by atoms with Crippen LogP contribution in [0.1, 0.15) is 54.4 Å². The maximum absolute atomic E-state index is 12.1. The number of amides is 2. The summed E-state index contributed by atoms with van der Waals surface area (Å²) >= 11 is 0. The van der Waals surface area contributed by atoms with Gasteiger partial charge in [0.05, 0.1) is 10.6 Å². The highest BCUT2D eigenvalue weighted by Gasteiger charge is 2.28. The first-order chi connectivity index (χ1) is 14.2. The van der Waals surface area contributed by atoms with Gasteiger partial charge in [0.25, 0.3) is 5.69 Å². The van der Waals surface area contributed by atoms with Gasteiger partial charge in [-0.05, 0) is 66.5 Å². The van der Waals surface area contributed by atoms with E-state index in [9.17, 15) is 19.7 Å². The van der Waals surface area contributed by atoms with Gasteiger partial charge in [-0.15, -0.1) is 0 Å². The summed E-state index contributed by atoms with van der Waals surface area (Å²) in [4.78, 5) is 37.1. The first-order valence-corrected chi connectivity index (χ1v) is 10.3. The third kappa shape index (κ3) is 7.95. The molecule has 1 aromatic carbocycles. The van der Waals surface area contributed by atoms with Gasteiger partial charge in [0.2, 0.25) is 0 Å². The minimum atomic E-state index is -0.686. The zero-order chi connectivity index (χ0) is 23.4. The van der Waals surface area contributed by atoms with Gasteiger partial charge in [-0.3, -0.25) is 15.4 Å². The normalized spacial score (nSPS) is 17.0. The smallest absolute Gasteiger partial charge is 0.412 e. The Labute approximate surface area is 182 Å². The Balaban J connectivity index is 2.13. The number of piperidine rings is 1. The third-order valence-corrected chi connectivity index (χ3v) is 4.30. The SMILES string of the molecule is CC(C)(C)OC(=O)Nc1ccc(N2CCC[C@@H](NC(=O)OC(C)(C)C)C2)c([N+](=O)[O-])c1. The summed E-state index contributed by atoms with van der Waals surface area (Å²) in [5, 5.41) is 17.1. The predicted octanol–water partition coefficient (Wildman–Crippen LogP) is 4.44. The van der Waals surface area contributed by atoms with E-state index in [4.69, 9.17) is 9.47 Å². The zero-order valence-electron chi connectivity index (χ0n) is 19.0. The summed E-state index contributed by atoms with van der Waals surface area (Å²) in [6, 6.07) is 4.31. The molecule has 31 heavy (non-hydrogen) atoms. The summed E-state index contributed by atoms with van der Waals surface area (Å²) < 4.78 is 10.5. The lowest BCUT2D eigenvalue weighted by molar-refractivity contribution is -0.384. The fourth-order valence-electron chi connectivity index (χ4n) is 3.22. The van der Waals surface area contributed by atoms with Crippen LogP contribution in [0.15, 0.2) is 18.2 Å². The lowest BCUT2D eigenvalue weighted by atomic mass is 10.0. The maximum Gasteiger partial charge on any atom is 0.412 e. The lowest BCUT2D eigenvalue weighted by Gasteiger charge is -2.34. The third-order valence-electron chi connectivity index (χ3n) is 4.30. The first-order valence-electron chi connectivity index (χ1n) is 10.3. The van der Waals surface area contributed by atoms with Crippen molar-refractivity contribution in [2.24, 2.45) is 0 Å². The molecule has 0 aromatic heterocycles. The van der Waals surface area contributed by atoms with Gasteiger partial charge in [0.1, 0.15) is 16.9 Å².